The molecule has 0 saturated carbocycles. The van der Waals surface area contributed by atoms with Gasteiger partial charge < -0.3 is 4.90 Å². The summed E-state index contributed by atoms with van der Waals surface area (Å²) in [4.78, 5) is 4.88. The van der Waals surface area contributed by atoms with Crippen molar-refractivity contribution in [1.29, 1.82) is 0 Å². The zero-order valence-electron chi connectivity index (χ0n) is 15.2. The quantitative estimate of drug-likeness (QED) is 0.809. The number of benzene rings is 2. The Morgan fingerprint density at radius 3 is 2.31 bits per heavy atom. The summed E-state index contributed by atoms with van der Waals surface area (Å²) in [7, 11) is 0.699. The molecule has 5 nitrogen and oxygen atoms in total. The van der Waals surface area contributed by atoms with Crippen LogP contribution < -0.4 is 4.90 Å². The van der Waals surface area contributed by atoms with E-state index in [0.29, 0.717) is 29.9 Å². The van der Waals surface area contributed by atoms with Gasteiger partial charge in [-0.05, 0) is 29.8 Å². The molecule has 2 saturated heterocycles. The average Bonchev–Trinajstić information content (AvgIpc) is 2.98. The zero-order valence-corrected chi connectivity index (χ0v) is 16.1. The van der Waals surface area contributed by atoms with E-state index in [2.05, 4.69) is 34.1 Å². The highest BCUT2D eigenvalue weighted by Crippen LogP contribution is 2.36. The molecule has 2 fully saturated rings. The van der Waals surface area contributed by atoms with Crippen LogP contribution in [0.2, 0.25) is 0 Å². The van der Waals surface area contributed by atoms with Gasteiger partial charge in [-0.25, -0.2) is 8.42 Å². The van der Waals surface area contributed by atoms with Crippen molar-refractivity contribution >= 4 is 15.7 Å². The Morgan fingerprint density at radius 2 is 1.65 bits per heavy atom. The molecule has 2 heterocycles. The van der Waals surface area contributed by atoms with Gasteiger partial charge in [0.25, 0.3) is 0 Å². The highest BCUT2D eigenvalue weighted by atomic mass is 32.2. The van der Waals surface area contributed by atoms with E-state index in [-0.39, 0.29) is 0 Å². The normalized spacial score (nSPS) is 23.5. The molecule has 0 spiro atoms. The minimum absolute atomic E-state index is 0.335. The summed E-state index contributed by atoms with van der Waals surface area (Å²) in [5, 5.41) is 0. The maximum absolute atomic E-state index is 12.8. The Kier molecular flexibility index (Phi) is 4.50. The average molecular weight is 372 g/mol. The van der Waals surface area contributed by atoms with Crippen molar-refractivity contribution in [2.24, 2.45) is 5.92 Å². The molecule has 6 heteroatoms. The second kappa shape index (κ2) is 6.68. The molecule has 2 aliphatic rings. The summed E-state index contributed by atoms with van der Waals surface area (Å²) >= 11 is 0. The fourth-order valence-electron chi connectivity index (χ4n) is 3.96. The lowest BCUT2D eigenvalue weighted by molar-refractivity contribution is 0.0435. The number of nitrogens with zero attached hydrogens (tertiary/aromatic N) is 3. The van der Waals surface area contributed by atoms with Crippen LogP contribution in [-0.4, -0.2) is 57.4 Å². The monoisotopic (exact) mass is 371 g/mol. The first-order chi connectivity index (χ1) is 12.4. The maximum atomic E-state index is 12.8. The van der Waals surface area contributed by atoms with Crippen molar-refractivity contribution < 1.29 is 8.42 Å². The van der Waals surface area contributed by atoms with Gasteiger partial charge >= 0.3 is 0 Å². The van der Waals surface area contributed by atoms with Crippen molar-refractivity contribution in [3.63, 3.8) is 0 Å². The molecule has 0 unspecified atom stereocenters. The van der Waals surface area contributed by atoms with E-state index in [9.17, 15) is 8.42 Å². The fraction of sp³-hybridized carbons (Fsp3) is 0.400. The van der Waals surface area contributed by atoms with E-state index in [0.717, 1.165) is 13.1 Å². The summed E-state index contributed by atoms with van der Waals surface area (Å²) in [6.45, 7) is 3.09. The predicted molar refractivity (Wildman–Crippen MR) is 104 cm³/mol. The van der Waals surface area contributed by atoms with Crippen molar-refractivity contribution in [3.05, 3.63) is 60.2 Å². The molecular formula is C20H25N3O2S. The van der Waals surface area contributed by atoms with Gasteiger partial charge in [-0.15, -0.1) is 0 Å². The van der Waals surface area contributed by atoms with Gasteiger partial charge in [0, 0.05) is 57.9 Å². The molecule has 0 aromatic heterocycles. The van der Waals surface area contributed by atoms with Gasteiger partial charge in [-0.1, -0.05) is 30.3 Å². The number of likely N-dealkylation sites (tertiary alicyclic amines) is 1. The summed E-state index contributed by atoms with van der Waals surface area (Å²) in [5.74, 6) is 0.453. The first-order valence-electron chi connectivity index (χ1n) is 9.00. The molecule has 2 aromatic rings. The van der Waals surface area contributed by atoms with Crippen LogP contribution in [0.5, 0.6) is 0 Å². The third kappa shape index (κ3) is 3.13. The molecule has 26 heavy (non-hydrogen) atoms. The lowest BCUT2D eigenvalue weighted by Gasteiger charge is -2.43. The van der Waals surface area contributed by atoms with E-state index < -0.39 is 10.0 Å². The van der Waals surface area contributed by atoms with Crippen LogP contribution in [0.3, 0.4) is 0 Å². The van der Waals surface area contributed by atoms with E-state index >= 15 is 0 Å². The first-order valence-corrected chi connectivity index (χ1v) is 10.4. The molecule has 0 amide bonds. The topological polar surface area (TPSA) is 43.9 Å². The third-order valence-electron chi connectivity index (χ3n) is 5.53. The molecule has 0 aliphatic carbocycles. The summed E-state index contributed by atoms with van der Waals surface area (Å²) in [6.07, 6.45) is 0. The first kappa shape index (κ1) is 17.5. The molecule has 0 radical (unpaired) electrons. The Hall–Kier alpha value is -1.89. The molecule has 138 valence electrons. The van der Waals surface area contributed by atoms with Gasteiger partial charge in [-0.3, -0.25) is 4.90 Å². The Morgan fingerprint density at radius 1 is 0.962 bits per heavy atom. The van der Waals surface area contributed by atoms with Crippen molar-refractivity contribution in [1.82, 2.24) is 9.21 Å². The predicted octanol–water partition coefficient (Wildman–Crippen LogP) is 2.26. The van der Waals surface area contributed by atoms with Crippen LogP contribution in [0, 0.1) is 5.92 Å². The van der Waals surface area contributed by atoms with E-state index in [1.54, 1.807) is 28.6 Å². The smallest absolute Gasteiger partial charge is 0.243 e. The van der Waals surface area contributed by atoms with Crippen LogP contribution in [0.15, 0.2) is 59.5 Å². The highest BCUT2D eigenvalue weighted by molar-refractivity contribution is 7.89. The van der Waals surface area contributed by atoms with Gasteiger partial charge in [0.1, 0.15) is 0 Å². The second-order valence-electron chi connectivity index (χ2n) is 7.45. The van der Waals surface area contributed by atoms with Gasteiger partial charge in [0.2, 0.25) is 10.0 Å². The van der Waals surface area contributed by atoms with Crippen molar-refractivity contribution in [3.8, 4) is 0 Å². The highest BCUT2D eigenvalue weighted by Gasteiger charge is 2.48. The van der Waals surface area contributed by atoms with E-state index in [1.165, 1.54) is 11.3 Å². The molecular weight excluding hydrogens is 346 g/mol. The molecule has 2 aromatic carbocycles. The molecule has 0 N–H and O–H groups in total. The van der Waals surface area contributed by atoms with Crippen LogP contribution >= 0.6 is 0 Å². The lowest BCUT2D eigenvalue weighted by atomic mass is 9.91. The van der Waals surface area contributed by atoms with Gasteiger partial charge in [0.05, 0.1) is 4.90 Å². The third-order valence-corrected chi connectivity index (χ3v) is 7.38. The van der Waals surface area contributed by atoms with Gasteiger partial charge in [0.15, 0.2) is 0 Å². The van der Waals surface area contributed by atoms with E-state index in [1.807, 2.05) is 20.2 Å². The zero-order chi connectivity index (χ0) is 18.3. The second-order valence-corrected chi connectivity index (χ2v) is 9.39. The van der Waals surface area contributed by atoms with Crippen molar-refractivity contribution in [2.75, 3.05) is 38.6 Å². The van der Waals surface area contributed by atoms with Crippen LogP contribution in [0.4, 0.5) is 5.69 Å². The maximum Gasteiger partial charge on any atom is 0.243 e. The molecule has 2 atom stereocenters. The number of anilines is 1. The molecule has 0 bridgehead atoms. The van der Waals surface area contributed by atoms with Crippen molar-refractivity contribution in [2.45, 2.75) is 17.5 Å². The Balaban J connectivity index is 1.41. The lowest BCUT2D eigenvalue weighted by Crippen LogP contribution is -2.54. The fourth-order valence-corrected chi connectivity index (χ4v) is 5.50. The summed E-state index contributed by atoms with van der Waals surface area (Å²) in [5.41, 5.74) is 2.47. The summed E-state index contributed by atoms with van der Waals surface area (Å²) < 4.78 is 27.3. The minimum Gasteiger partial charge on any atom is -0.378 e. The SMILES string of the molecule is CN(C)c1ccc(CN2C[C@H]3CN(S(=O)(=O)c4ccccc4)C[C@H]32)cc1. The number of sulfonamides is 1. The summed E-state index contributed by atoms with van der Waals surface area (Å²) in [6, 6.07) is 17.7. The van der Waals surface area contributed by atoms with E-state index in [4.69, 9.17) is 0 Å². The Bertz CT molecular complexity index is 866. The van der Waals surface area contributed by atoms with Crippen LogP contribution in [0.1, 0.15) is 5.56 Å². The Labute approximate surface area is 155 Å². The minimum atomic E-state index is -3.37. The molecule has 2 aliphatic heterocycles. The van der Waals surface area contributed by atoms with Crippen LogP contribution in [-0.2, 0) is 16.6 Å². The standard InChI is InChI=1S/C20H25N3O2S/c1-21(2)18-10-8-16(9-11-18)12-22-13-17-14-23(15-20(17)22)26(24,25)19-6-4-3-5-7-19/h3-11,17,20H,12-15H2,1-2H3/t17-,20+/m0/s1. The molecule has 4 rings (SSSR count). The van der Waals surface area contributed by atoms with Gasteiger partial charge in [-0.2, -0.15) is 4.31 Å². The number of fused-ring (bicyclic) bond motifs is 1. The number of hydrogen-bond donors (Lipinski definition) is 0. The van der Waals surface area contributed by atoms with Crippen LogP contribution in [0.25, 0.3) is 0 Å². The largest absolute Gasteiger partial charge is 0.378 e. The number of hydrogen-bond acceptors (Lipinski definition) is 4. The number of rotatable bonds is 5.